The number of ketones is 1. The minimum atomic E-state index is -4.06. The summed E-state index contributed by atoms with van der Waals surface area (Å²) in [7, 11) is -2.52. The molecule has 4 aliphatic rings. The van der Waals surface area contributed by atoms with Crippen LogP contribution in [0.4, 0.5) is 8.78 Å². The van der Waals surface area contributed by atoms with Gasteiger partial charge in [-0.05, 0) is 128 Å². The number of alkyl halides is 2. The Morgan fingerprint density at radius 1 is 1.04 bits per heavy atom. The van der Waals surface area contributed by atoms with Crippen LogP contribution in [0.5, 0.6) is 17.4 Å². The van der Waals surface area contributed by atoms with Gasteiger partial charge in [-0.1, -0.05) is 12.2 Å². The summed E-state index contributed by atoms with van der Waals surface area (Å²) in [4.78, 5) is 68.5. The van der Waals surface area contributed by atoms with E-state index in [0.717, 1.165) is 13.8 Å². The number of rotatable bonds is 13. The summed E-state index contributed by atoms with van der Waals surface area (Å²) in [5.74, 6) is -6.93. The lowest BCUT2D eigenvalue weighted by Gasteiger charge is -2.34. The van der Waals surface area contributed by atoms with Gasteiger partial charge in [-0.3, -0.25) is 28.9 Å². The Balaban J connectivity index is 1.26. The van der Waals surface area contributed by atoms with Crippen molar-refractivity contribution in [1.82, 2.24) is 19.6 Å². The van der Waals surface area contributed by atoms with Gasteiger partial charge in [0, 0.05) is 25.2 Å². The third kappa shape index (κ3) is 10.7. The Hall–Kier alpha value is -5.23. The van der Waals surface area contributed by atoms with Gasteiger partial charge < -0.3 is 28.6 Å². The van der Waals surface area contributed by atoms with E-state index in [9.17, 15) is 31.6 Å². The number of hydrogen-bond acceptors (Lipinski definition) is 13. The van der Waals surface area contributed by atoms with Crippen molar-refractivity contribution in [3.63, 3.8) is 0 Å². The predicted octanol–water partition coefficient (Wildman–Crippen LogP) is 7.53. The molecule has 3 fully saturated rings. The van der Waals surface area contributed by atoms with Gasteiger partial charge in [0.25, 0.3) is 5.92 Å². The number of esters is 1. The van der Waals surface area contributed by atoms with Crippen LogP contribution < -0.4 is 18.9 Å². The first-order chi connectivity index (χ1) is 31.3. The monoisotopic (exact) mass is 952 g/mol. The summed E-state index contributed by atoms with van der Waals surface area (Å²) >= 11 is 0. The molecule has 1 aromatic carbocycles. The third-order valence-electron chi connectivity index (χ3n) is 13.7. The lowest BCUT2D eigenvalue weighted by atomic mass is 9.90. The molecule has 364 valence electrons. The number of nitrogens with one attached hydrogen (secondary N) is 1. The smallest absolute Gasteiger partial charge is 0.307 e. The maximum atomic E-state index is 15.1. The molecule has 2 amide bonds. The van der Waals surface area contributed by atoms with Crippen LogP contribution in [-0.4, -0.2) is 107 Å². The average Bonchev–Trinajstić information content (AvgIpc) is 4.13. The van der Waals surface area contributed by atoms with Crippen LogP contribution in [0.1, 0.15) is 107 Å². The molecule has 3 aromatic rings. The number of allylic oxidation sites excluding steroid dienone is 2. The number of sulfonamides is 1. The number of pyridine rings is 2. The molecule has 2 aliphatic heterocycles. The van der Waals surface area contributed by atoms with Gasteiger partial charge in [0.15, 0.2) is 11.4 Å². The van der Waals surface area contributed by atoms with Crippen LogP contribution in [-0.2, 0) is 38.7 Å². The molecule has 0 spiro atoms. The second kappa shape index (κ2) is 18.7. The molecule has 18 heteroatoms. The van der Waals surface area contributed by atoms with Crippen LogP contribution in [0, 0.1) is 17.3 Å². The van der Waals surface area contributed by atoms with E-state index in [1.165, 1.54) is 4.90 Å². The van der Waals surface area contributed by atoms with Crippen LogP contribution in [0.25, 0.3) is 22.2 Å². The Morgan fingerprint density at radius 3 is 2.40 bits per heavy atom. The average molecular weight is 953 g/mol. The van der Waals surface area contributed by atoms with Crippen LogP contribution in [0.3, 0.4) is 0 Å². The minimum Gasteiger partial charge on any atom is -0.497 e. The summed E-state index contributed by atoms with van der Waals surface area (Å²) in [6, 6.07) is 9.49. The van der Waals surface area contributed by atoms with Gasteiger partial charge in [0.2, 0.25) is 27.7 Å². The summed E-state index contributed by atoms with van der Waals surface area (Å²) in [5.41, 5.74) is -2.67. The molecule has 2 saturated carbocycles. The molecule has 4 heterocycles. The number of carbonyl (C=O) groups excluding carboxylic acids is 4. The van der Waals surface area contributed by atoms with Crippen molar-refractivity contribution in [3.05, 3.63) is 54.7 Å². The second-order valence-corrected chi connectivity index (χ2v) is 22.0. The van der Waals surface area contributed by atoms with Gasteiger partial charge in [0.05, 0.1) is 78.1 Å². The number of halogens is 2. The normalized spacial score (nSPS) is 27.3. The van der Waals surface area contributed by atoms with Crippen molar-refractivity contribution in [3.8, 4) is 28.8 Å². The summed E-state index contributed by atoms with van der Waals surface area (Å²) in [6.45, 7) is 11.4. The molecule has 15 nitrogen and oxygen atoms in total. The van der Waals surface area contributed by atoms with E-state index in [1.807, 2.05) is 38.1 Å². The quantitative estimate of drug-likeness (QED) is 0.131. The highest BCUT2D eigenvalue weighted by molar-refractivity contribution is 7.91. The van der Waals surface area contributed by atoms with Crippen LogP contribution in [0.15, 0.2) is 54.7 Å². The van der Waals surface area contributed by atoms with E-state index in [0.29, 0.717) is 66.3 Å². The van der Waals surface area contributed by atoms with Gasteiger partial charge in [-0.25, -0.2) is 22.2 Å². The third-order valence-corrected chi connectivity index (χ3v) is 15.9. The molecule has 1 saturated heterocycles. The molecule has 1 N–H and O–H groups in total. The summed E-state index contributed by atoms with van der Waals surface area (Å²) in [5, 5.41) is 1.28. The Bertz CT molecular complexity index is 2530. The number of Topliss-reactive ketones (excluding diaryl/α,β-unsaturated/α-hetero) is 1. The van der Waals surface area contributed by atoms with Crippen LogP contribution >= 0.6 is 0 Å². The minimum absolute atomic E-state index is 0.0692. The molecule has 0 bridgehead atoms. The first-order valence-corrected chi connectivity index (χ1v) is 24.4. The molecule has 67 heavy (non-hydrogen) atoms. The number of amides is 2. The Morgan fingerprint density at radius 2 is 1.76 bits per heavy atom. The van der Waals surface area contributed by atoms with Gasteiger partial charge in [0.1, 0.15) is 17.6 Å². The van der Waals surface area contributed by atoms with Crippen molar-refractivity contribution in [2.75, 3.05) is 13.7 Å². The molecule has 0 unspecified atom stereocenters. The van der Waals surface area contributed by atoms with Crippen LogP contribution in [0.2, 0.25) is 0 Å². The van der Waals surface area contributed by atoms with E-state index >= 15 is 4.79 Å². The zero-order valence-electron chi connectivity index (χ0n) is 39.6. The highest BCUT2D eigenvalue weighted by Gasteiger charge is 2.63. The molecule has 7 atom stereocenters. The summed E-state index contributed by atoms with van der Waals surface area (Å²) < 4.78 is 86.7. The molecular formula is C49H62F2N4O11S. The zero-order chi connectivity index (χ0) is 48.9. The first kappa shape index (κ1) is 49.7. The predicted molar refractivity (Wildman–Crippen MR) is 244 cm³/mol. The molecule has 2 aromatic heterocycles. The van der Waals surface area contributed by atoms with Crippen molar-refractivity contribution in [2.45, 2.75) is 153 Å². The van der Waals surface area contributed by atoms with Gasteiger partial charge in [-0.15, -0.1) is 0 Å². The fraction of sp³-hybridized carbons (Fsp3) is 0.592. The Kier molecular flexibility index (Phi) is 13.9. The lowest BCUT2D eigenvalue weighted by Crippen LogP contribution is -2.50. The fourth-order valence-electron chi connectivity index (χ4n) is 8.75. The lowest BCUT2D eigenvalue weighted by molar-refractivity contribution is -0.198. The standard InChI is InChI=1S/C49H62F2N4O11S/c1-28(2)63-34-15-17-38(52-26-34)39-21-31-20-33(62-9)14-16-36(31)43(53-39)65-35-22-40-41(56)25-49(45(59)54-67(60,61)47(7)18-19-47)24-32(49)13-11-10-12-29(3)64-30(4)37(44(58)55(40)27-35)23-42(57)66-46(5,6)48(8,50)51/h11,13-17,20-21,26,28-30,32,35,37,40H,10,12,18-19,22-25,27H2,1-9H3,(H,54,59)/b13-11-/t29-,30+,32-,35-,37+,40+,49-/m1/s1. The van der Waals surface area contributed by atoms with Gasteiger partial charge >= 0.3 is 5.97 Å². The number of aromatic nitrogens is 2. The highest BCUT2D eigenvalue weighted by Crippen LogP contribution is 2.58. The van der Waals surface area contributed by atoms with Crippen molar-refractivity contribution < 1.29 is 60.1 Å². The molecule has 0 radical (unpaired) electrons. The van der Waals surface area contributed by atoms with E-state index in [-0.39, 0.29) is 31.4 Å². The van der Waals surface area contributed by atoms with Gasteiger partial charge in [-0.2, -0.15) is 0 Å². The second-order valence-electron chi connectivity index (χ2n) is 19.8. The number of methoxy groups -OCH3 is 1. The van der Waals surface area contributed by atoms with E-state index < -0.39 is 104 Å². The highest BCUT2D eigenvalue weighted by atomic mass is 32.2. The SMILES string of the molecule is COc1ccc2c(O[C@@H]3C[C@H]4C(=O)C[C@]5(C(=O)NS(=O)(=O)C6(C)CC6)C[C@H]5/C=C\CC[C@@H](C)O[C@@H](C)[C@H](CC(=O)OC(C)(C)C(C)(F)F)C(=O)N4C3)nc(-c3ccc(OC(C)C)cn3)cc2c1. The zero-order valence-corrected chi connectivity index (χ0v) is 40.4. The topological polar surface area (TPSA) is 190 Å². The maximum absolute atomic E-state index is 15.1. The number of nitrogens with zero attached hydrogens (tertiary/aromatic N) is 3. The van der Waals surface area contributed by atoms with Crippen molar-refractivity contribution in [2.24, 2.45) is 17.3 Å². The summed E-state index contributed by atoms with van der Waals surface area (Å²) in [6.07, 6.45) is 3.79. The van der Waals surface area contributed by atoms with Crippen molar-refractivity contribution >= 4 is 44.4 Å². The fourth-order valence-corrected chi connectivity index (χ4v) is 10.1. The first-order valence-electron chi connectivity index (χ1n) is 23.0. The van der Waals surface area contributed by atoms with E-state index in [2.05, 4.69) is 9.71 Å². The van der Waals surface area contributed by atoms with E-state index in [4.69, 9.17) is 28.7 Å². The molecule has 7 rings (SSSR count). The maximum Gasteiger partial charge on any atom is 0.307 e. The Labute approximate surface area is 390 Å². The number of ether oxygens (including phenoxy) is 5. The number of hydrogen-bond donors (Lipinski definition) is 1. The molecular weight excluding hydrogens is 891 g/mol. The van der Waals surface area contributed by atoms with E-state index in [1.54, 1.807) is 58.3 Å². The number of fused-ring (bicyclic) bond motifs is 3. The number of benzene rings is 1. The van der Waals surface area contributed by atoms with Crippen molar-refractivity contribution in [1.29, 1.82) is 0 Å². The number of carbonyl (C=O) groups is 4. The largest absolute Gasteiger partial charge is 0.497 e. The molecule has 2 aliphatic carbocycles.